The van der Waals surface area contributed by atoms with Crippen molar-refractivity contribution in [2.24, 2.45) is 5.73 Å². The molecule has 0 saturated carbocycles. The summed E-state index contributed by atoms with van der Waals surface area (Å²) >= 11 is 6.43. The average Bonchev–Trinajstić information content (AvgIpc) is 2.84. The lowest BCUT2D eigenvalue weighted by Crippen LogP contribution is -2.12. The van der Waals surface area contributed by atoms with E-state index in [9.17, 15) is 4.39 Å². The monoisotopic (exact) mass is 281 g/mol. The van der Waals surface area contributed by atoms with Crippen molar-refractivity contribution in [2.45, 2.75) is 13.2 Å². The Morgan fingerprint density at radius 3 is 2.83 bits per heavy atom. The normalized spacial score (nSPS) is 10.5. The van der Waals surface area contributed by atoms with Gasteiger partial charge in [0.05, 0.1) is 13.2 Å². The van der Waals surface area contributed by atoms with E-state index in [-0.39, 0.29) is 10.6 Å². The average molecular weight is 281 g/mol. The fourth-order valence-corrected chi connectivity index (χ4v) is 2.31. The third-order valence-corrected chi connectivity index (χ3v) is 3.46. The van der Waals surface area contributed by atoms with E-state index >= 15 is 0 Å². The highest BCUT2D eigenvalue weighted by Crippen LogP contribution is 2.14. The number of thiocarbonyl (C=S) groups is 1. The Kier molecular flexibility index (Phi) is 4.41. The third-order valence-electron chi connectivity index (χ3n) is 2.39. The quantitative estimate of drug-likeness (QED) is 0.855. The van der Waals surface area contributed by atoms with E-state index in [0.29, 0.717) is 13.2 Å². The van der Waals surface area contributed by atoms with Crippen molar-refractivity contribution in [1.29, 1.82) is 0 Å². The number of halogens is 1. The zero-order chi connectivity index (χ0) is 13.0. The molecule has 0 aliphatic heterocycles. The first kappa shape index (κ1) is 13.1. The minimum atomic E-state index is -0.399. The largest absolute Gasteiger partial charge is 0.389 e. The van der Waals surface area contributed by atoms with Crippen LogP contribution in [0.5, 0.6) is 0 Å². The number of rotatable bonds is 5. The van der Waals surface area contributed by atoms with Gasteiger partial charge in [0.1, 0.15) is 10.8 Å². The number of hydrogen-bond acceptors (Lipinski definition) is 3. The highest BCUT2D eigenvalue weighted by atomic mass is 32.1. The molecule has 0 fully saturated rings. The number of nitrogens with two attached hydrogens (primary N) is 1. The van der Waals surface area contributed by atoms with Gasteiger partial charge in [-0.15, -0.1) is 11.3 Å². The van der Waals surface area contributed by atoms with Crippen LogP contribution in [0.25, 0.3) is 0 Å². The van der Waals surface area contributed by atoms with Crippen LogP contribution in [0.1, 0.15) is 16.0 Å². The van der Waals surface area contributed by atoms with Crippen LogP contribution >= 0.6 is 23.6 Å². The molecule has 2 rings (SSSR count). The molecule has 2 nitrogen and oxygen atoms in total. The molecule has 0 radical (unpaired) electrons. The highest BCUT2D eigenvalue weighted by molar-refractivity contribution is 7.80. The van der Waals surface area contributed by atoms with Crippen molar-refractivity contribution in [3.8, 4) is 0 Å². The Balaban J connectivity index is 1.97. The zero-order valence-corrected chi connectivity index (χ0v) is 11.2. The van der Waals surface area contributed by atoms with E-state index in [1.807, 2.05) is 17.5 Å². The summed E-state index contributed by atoms with van der Waals surface area (Å²) in [4.78, 5) is 1.22. The van der Waals surface area contributed by atoms with E-state index in [4.69, 9.17) is 22.7 Å². The Bertz CT molecular complexity index is 540. The van der Waals surface area contributed by atoms with Gasteiger partial charge >= 0.3 is 0 Å². The van der Waals surface area contributed by atoms with Crippen LogP contribution in [-0.2, 0) is 18.0 Å². The van der Waals surface area contributed by atoms with Gasteiger partial charge in [0.25, 0.3) is 0 Å². The molecule has 0 saturated heterocycles. The molecule has 0 spiro atoms. The zero-order valence-electron chi connectivity index (χ0n) is 9.56. The van der Waals surface area contributed by atoms with E-state index in [1.54, 1.807) is 23.5 Å². The second-order valence-electron chi connectivity index (χ2n) is 3.75. The lowest BCUT2D eigenvalue weighted by molar-refractivity contribution is 0.109. The molecule has 0 aliphatic carbocycles. The van der Waals surface area contributed by atoms with Gasteiger partial charge in [0, 0.05) is 10.4 Å². The summed E-state index contributed by atoms with van der Waals surface area (Å²) in [5, 5.41) is 2.00. The second-order valence-corrected chi connectivity index (χ2v) is 5.22. The molecule has 0 bridgehead atoms. The Labute approximate surface area is 114 Å². The fourth-order valence-electron chi connectivity index (χ4n) is 1.52. The lowest BCUT2D eigenvalue weighted by atomic mass is 10.1. The van der Waals surface area contributed by atoms with E-state index in [2.05, 4.69) is 0 Å². The van der Waals surface area contributed by atoms with Crippen LogP contribution in [0.15, 0.2) is 35.7 Å². The van der Waals surface area contributed by atoms with Crippen molar-refractivity contribution in [3.63, 3.8) is 0 Å². The summed E-state index contributed by atoms with van der Waals surface area (Å²) in [5.74, 6) is -0.399. The summed E-state index contributed by atoms with van der Waals surface area (Å²) in [7, 11) is 0. The molecule has 0 aliphatic rings. The summed E-state index contributed by atoms with van der Waals surface area (Å²) in [6.07, 6.45) is 0. The molecule has 5 heteroatoms. The van der Waals surface area contributed by atoms with Gasteiger partial charge in [-0.3, -0.25) is 0 Å². The van der Waals surface area contributed by atoms with Gasteiger partial charge in [-0.05, 0) is 29.1 Å². The molecular weight excluding hydrogens is 269 g/mol. The molecular formula is C13H12FNOS2. The maximum Gasteiger partial charge on any atom is 0.133 e. The summed E-state index contributed by atoms with van der Waals surface area (Å²) in [5.41, 5.74) is 6.56. The van der Waals surface area contributed by atoms with Gasteiger partial charge in [0.2, 0.25) is 0 Å². The van der Waals surface area contributed by atoms with E-state index < -0.39 is 5.82 Å². The van der Waals surface area contributed by atoms with Gasteiger partial charge in [0.15, 0.2) is 0 Å². The minimum absolute atomic E-state index is 0.0626. The Hall–Kier alpha value is -1.30. The highest BCUT2D eigenvalue weighted by Gasteiger charge is 2.06. The van der Waals surface area contributed by atoms with Crippen molar-refractivity contribution in [2.75, 3.05) is 0 Å². The molecule has 18 heavy (non-hydrogen) atoms. The van der Waals surface area contributed by atoms with Crippen LogP contribution in [-0.4, -0.2) is 4.99 Å². The molecule has 1 aromatic carbocycles. The van der Waals surface area contributed by atoms with Crippen molar-refractivity contribution in [3.05, 3.63) is 57.5 Å². The molecule has 94 valence electrons. The summed E-state index contributed by atoms with van der Waals surface area (Å²) in [6.45, 7) is 0.964. The molecule has 2 aromatic rings. The Morgan fingerprint density at radius 1 is 1.33 bits per heavy atom. The molecule has 0 amide bonds. The van der Waals surface area contributed by atoms with E-state index in [0.717, 1.165) is 10.4 Å². The molecule has 1 aromatic heterocycles. The first-order valence-electron chi connectivity index (χ1n) is 5.35. The maximum atomic E-state index is 13.4. The SMILES string of the molecule is NC(=S)c1cc(COCc2cccs2)ccc1F. The predicted octanol–water partition coefficient (Wildman–Crippen LogP) is 3.24. The van der Waals surface area contributed by atoms with Crippen LogP contribution in [0.3, 0.4) is 0 Å². The maximum absolute atomic E-state index is 13.4. The van der Waals surface area contributed by atoms with Crippen molar-refractivity contribution < 1.29 is 9.13 Å². The number of thiophene rings is 1. The van der Waals surface area contributed by atoms with Crippen LogP contribution < -0.4 is 5.73 Å². The van der Waals surface area contributed by atoms with Crippen molar-refractivity contribution >= 4 is 28.5 Å². The van der Waals surface area contributed by atoms with Gasteiger partial charge < -0.3 is 10.5 Å². The number of ether oxygens (including phenoxy) is 1. The van der Waals surface area contributed by atoms with Crippen molar-refractivity contribution in [1.82, 2.24) is 0 Å². The first-order chi connectivity index (χ1) is 8.66. The lowest BCUT2D eigenvalue weighted by Gasteiger charge is -2.06. The van der Waals surface area contributed by atoms with Gasteiger partial charge in [-0.25, -0.2) is 4.39 Å². The Morgan fingerprint density at radius 2 is 2.17 bits per heavy atom. The second kappa shape index (κ2) is 6.04. The van der Waals surface area contributed by atoms with Crippen LogP contribution in [0.2, 0.25) is 0 Å². The fraction of sp³-hybridized carbons (Fsp3) is 0.154. The smallest absolute Gasteiger partial charge is 0.133 e. The van der Waals surface area contributed by atoms with E-state index in [1.165, 1.54) is 6.07 Å². The molecule has 2 N–H and O–H groups in total. The van der Waals surface area contributed by atoms with Gasteiger partial charge in [-0.1, -0.05) is 24.4 Å². The minimum Gasteiger partial charge on any atom is -0.389 e. The third kappa shape index (κ3) is 3.35. The number of hydrogen-bond donors (Lipinski definition) is 1. The van der Waals surface area contributed by atoms with Crippen LogP contribution in [0, 0.1) is 5.82 Å². The standard InChI is InChI=1S/C13H12FNOS2/c14-12-4-3-9(6-11(12)13(15)17)7-16-8-10-2-1-5-18-10/h1-6H,7-8H2,(H2,15,17). The number of benzene rings is 1. The predicted molar refractivity (Wildman–Crippen MR) is 75.1 cm³/mol. The van der Waals surface area contributed by atoms with Gasteiger partial charge in [-0.2, -0.15) is 0 Å². The van der Waals surface area contributed by atoms with Crippen LogP contribution in [0.4, 0.5) is 4.39 Å². The topological polar surface area (TPSA) is 35.2 Å². The molecule has 0 unspecified atom stereocenters. The molecule has 0 atom stereocenters. The summed E-state index contributed by atoms with van der Waals surface area (Å²) < 4.78 is 18.9. The first-order valence-corrected chi connectivity index (χ1v) is 6.64. The summed E-state index contributed by atoms with van der Waals surface area (Å²) in [6, 6.07) is 8.65. The molecule has 1 heterocycles.